The van der Waals surface area contributed by atoms with E-state index < -0.39 is 0 Å². The molecule has 68 valence electrons. The van der Waals surface area contributed by atoms with Gasteiger partial charge in [-0.05, 0) is 19.9 Å². The summed E-state index contributed by atoms with van der Waals surface area (Å²) in [4.78, 5) is 2.34. The first-order chi connectivity index (χ1) is 5.33. The van der Waals surface area contributed by atoms with Crippen LogP contribution in [0.4, 0.5) is 0 Å². The largest absolute Gasteiger partial charge is 0.400 e. The van der Waals surface area contributed by atoms with Crippen molar-refractivity contribution < 1.29 is 9.84 Å². The van der Waals surface area contributed by atoms with Crippen molar-refractivity contribution in [2.24, 2.45) is 0 Å². The van der Waals surface area contributed by atoms with E-state index in [9.17, 15) is 0 Å². The highest BCUT2D eigenvalue weighted by molar-refractivity contribution is 4.68. The monoisotopic (exact) mass is 161 g/mol. The Balaban J connectivity index is 0.000000461. The Labute approximate surface area is 69.0 Å². The van der Waals surface area contributed by atoms with Gasteiger partial charge in [0.1, 0.15) is 0 Å². The van der Waals surface area contributed by atoms with Crippen molar-refractivity contribution in [3.63, 3.8) is 0 Å². The van der Waals surface area contributed by atoms with E-state index in [0.717, 1.165) is 7.11 Å². The highest BCUT2D eigenvalue weighted by Gasteiger charge is 2.14. The maximum absolute atomic E-state index is 7.00. The standard InChI is InChI=1S/C7H15NO.CH4O/c1-8-5-3-7(9-2)4-6-8;1-2/h7H,3-6H2,1-2H3;2H,1H3. The molecule has 0 radical (unpaired) electrons. The van der Waals surface area contributed by atoms with Crippen LogP contribution in [-0.2, 0) is 4.74 Å². The summed E-state index contributed by atoms with van der Waals surface area (Å²) in [6.45, 7) is 2.39. The summed E-state index contributed by atoms with van der Waals surface area (Å²) in [6.07, 6.45) is 2.93. The lowest BCUT2D eigenvalue weighted by Gasteiger charge is -2.27. The van der Waals surface area contributed by atoms with Crippen molar-refractivity contribution in [1.82, 2.24) is 4.90 Å². The zero-order chi connectivity index (χ0) is 8.69. The van der Waals surface area contributed by atoms with Gasteiger partial charge in [0.05, 0.1) is 6.10 Å². The van der Waals surface area contributed by atoms with Crippen molar-refractivity contribution in [3.8, 4) is 0 Å². The van der Waals surface area contributed by atoms with Gasteiger partial charge in [0, 0.05) is 27.3 Å². The maximum Gasteiger partial charge on any atom is 0.0595 e. The smallest absolute Gasteiger partial charge is 0.0595 e. The molecule has 0 aromatic heterocycles. The van der Waals surface area contributed by atoms with E-state index in [2.05, 4.69) is 11.9 Å². The number of aliphatic hydroxyl groups excluding tert-OH is 1. The number of ether oxygens (including phenoxy) is 1. The van der Waals surface area contributed by atoms with Crippen LogP contribution >= 0.6 is 0 Å². The van der Waals surface area contributed by atoms with E-state index in [4.69, 9.17) is 9.84 Å². The van der Waals surface area contributed by atoms with Crippen LogP contribution < -0.4 is 0 Å². The van der Waals surface area contributed by atoms with Gasteiger partial charge in [-0.1, -0.05) is 0 Å². The van der Waals surface area contributed by atoms with Crippen LogP contribution in [0.25, 0.3) is 0 Å². The van der Waals surface area contributed by atoms with Crippen molar-refractivity contribution in [1.29, 1.82) is 0 Å². The number of hydrogen-bond acceptors (Lipinski definition) is 3. The molecule has 0 unspecified atom stereocenters. The number of methoxy groups -OCH3 is 1. The Hall–Kier alpha value is -0.120. The molecule has 0 aliphatic carbocycles. The summed E-state index contributed by atoms with van der Waals surface area (Å²) in [6, 6.07) is 0. The third-order valence-electron chi connectivity index (χ3n) is 2.00. The lowest BCUT2D eigenvalue weighted by atomic mass is 10.1. The third kappa shape index (κ3) is 4.35. The Morgan fingerprint density at radius 2 is 1.73 bits per heavy atom. The number of likely N-dealkylation sites (tertiary alicyclic amines) is 1. The van der Waals surface area contributed by atoms with Crippen molar-refractivity contribution in [2.45, 2.75) is 18.9 Å². The van der Waals surface area contributed by atoms with Crippen LogP contribution in [0, 0.1) is 0 Å². The molecule has 0 amide bonds. The summed E-state index contributed by atoms with van der Waals surface area (Å²) in [5.41, 5.74) is 0. The minimum atomic E-state index is 0.529. The van der Waals surface area contributed by atoms with E-state index in [1.54, 1.807) is 7.11 Å². The summed E-state index contributed by atoms with van der Waals surface area (Å²) >= 11 is 0. The molecule has 1 heterocycles. The zero-order valence-corrected chi connectivity index (χ0v) is 7.71. The Kier molecular flexibility index (Phi) is 6.51. The molecule has 0 bridgehead atoms. The first-order valence-corrected chi connectivity index (χ1v) is 3.99. The van der Waals surface area contributed by atoms with Gasteiger partial charge in [-0.3, -0.25) is 0 Å². The molecule has 1 rings (SSSR count). The van der Waals surface area contributed by atoms with Crippen LogP contribution in [0.1, 0.15) is 12.8 Å². The summed E-state index contributed by atoms with van der Waals surface area (Å²) in [5.74, 6) is 0. The van der Waals surface area contributed by atoms with Crippen LogP contribution in [0.5, 0.6) is 0 Å². The van der Waals surface area contributed by atoms with Crippen LogP contribution in [0.2, 0.25) is 0 Å². The highest BCUT2D eigenvalue weighted by Crippen LogP contribution is 2.10. The normalized spacial score (nSPS) is 20.7. The molecule has 1 fully saturated rings. The molecule has 0 saturated carbocycles. The van der Waals surface area contributed by atoms with Crippen LogP contribution in [0.15, 0.2) is 0 Å². The first-order valence-electron chi connectivity index (χ1n) is 3.99. The molecular formula is C8H19NO2. The fourth-order valence-corrected chi connectivity index (χ4v) is 1.22. The second kappa shape index (κ2) is 6.58. The first kappa shape index (κ1) is 10.9. The minimum absolute atomic E-state index is 0.529. The van der Waals surface area contributed by atoms with Gasteiger partial charge < -0.3 is 14.7 Å². The molecule has 3 heteroatoms. The SMILES string of the molecule is CO.COC1CCN(C)CC1. The topological polar surface area (TPSA) is 32.7 Å². The van der Waals surface area contributed by atoms with Gasteiger partial charge in [-0.15, -0.1) is 0 Å². The summed E-state index contributed by atoms with van der Waals surface area (Å²) in [7, 11) is 4.96. The van der Waals surface area contributed by atoms with Crippen LogP contribution in [0.3, 0.4) is 0 Å². The number of hydrogen-bond donors (Lipinski definition) is 1. The number of nitrogens with zero attached hydrogens (tertiary/aromatic N) is 1. The molecule has 3 nitrogen and oxygen atoms in total. The van der Waals surface area contributed by atoms with E-state index in [0.29, 0.717) is 6.10 Å². The lowest BCUT2D eigenvalue weighted by Crippen LogP contribution is -2.33. The quantitative estimate of drug-likeness (QED) is 0.602. The molecule has 0 spiro atoms. The van der Waals surface area contributed by atoms with Crippen molar-refractivity contribution >= 4 is 0 Å². The fourth-order valence-electron chi connectivity index (χ4n) is 1.22. The fraction of sp³-hybridized carbons (Fsp3) is 1.00. The molecule has 1 N–H and O–H groups in total. The molecule has 1 aliphatic heterocycles. The average molecular weight is 161 g/mol. The molecule has 1 aliphatic rings. The minimum Gasteiger partial charge on any atom is -0.400 e. The van der Waals surface area contributed by atoms with Crippen molar-refractivity contribution in [3.05, 3.63) is 0 Å². The second-order valence-electron chi connectivity index (χ2n) is 2.74. The Morgan fingerprint density at radius 1 is 1.27 bits per heavy atom. The van der Waals surface area contributed by atoms with E-state index in [1.165, 1.54) is 25.9 Å². The van der Waals surface area contributed by atoms with E-state index >= 15 is 0 Å². The molecule has 11 heavy (non-hydrogen) atoms. The predicted molar refractivity (Wildman–Crippen MR) is 45.7 cm³/mol. The van der Waals surface area contributed by atoms with Crippen LogP contribution in [-0.4, -0.2) is 50.5 Å². The second-order valence-corrected chi connectivity index (χ2v) is 2.74. The van der Waals surface area contributed by atoms with E-state index in [-0.39, 0.29) is 0 Å². The van der Waals surface area contributed by atoms with Gasteiger partial charge in [-0.2, -0.15) is 0 Å². The van der Waals surface area contributed by atoms with Gasteiger partial charge in [-0.25, -0.2) is 0 Å². The van der Waals surface area contributed by atoms with E-state index in [1.807, 2.05) is 0 Å². The van der Waals surface area contributed by atoms with Gasteiger partial charge >= 0.3 is 0 Å². The predicted octanol–water partition coefficient (Wildman–Crippen LogP) is 0.336. The molecule has 0 aromatic rings. The van der Waals surface area contributed by atoms with Crippen molar-refractivity contribution in [2.75, 3.05) is 34.4 Å². The molecule has 1 saturated heterocycles. The lowest BCUT2D eigenvalue weighted by molar-refractivity contribution is 0.0484. The Morgan fingerprint density at radius 3 is 2.09 bits per heavy atom. The highest BCUT2D eigenvalue weighted by atomic mass is 16.5. The number of rotatable bonds is 1. The molecule has 0 aromatic carbocycles. The number of piperidine rings is 1. The third-order valence-corrected chi connectivity index (χ3v) is 2.00. The maximum atomic E-state index is 7.00. The zero-order valence-electron chi connectivity index (χ0n) is 7.71. The Bertz CT molecular complexity index is 80.2. The summed E-state index contributed by atoms with van der Waals surface area (Å²) in [5, 5.41) is 7.00. The summed E-state index contributed by atoms with van der Waals surface area (Å²) < 4.78 is 5.21. The van der Waals surface area contributed by atoms with Gasteiger partial charge in [0.25, 0.3) is 0 Å². The molecule has 0 atom stereocenters. The molecular weight excluding hydrogens is 142 g/mol. The average Bonchev–Trinajstić information content (AvgIpc) is 2.10. The number of aliphatic hydroxyl groups is 1. The van der Waals surface area contributed by atoms with Gasteiger partial charge in [0.15, 0.2) is 0 Å². The van der Waals surface area contributed by atoms with Gasteiger partial charge in [0.2, 0.25) is 0 Å².